The number of hydrogen-bond donors (Lipinski definition) is 2. The van der Waals surface area contributed by atoms with Crippen molar-refractivity contribution in [2.45, 2.75) is 12.5 Å². The Labute approximate surface area is 120 Å². The Morgan fingerprint density at radius 2 is 2.05 bits per heavy atom. The normalized spacial score (nSPS) is 17.8. The smallest absolute Gasteiger partial charge is 0.346 e. The number of benzene rings is 1. The molecule has 0 unspecified atom stereocenters. The first kappa shape index (κ1) is 15.1. The Hall–Kier alpha value is -2.29. The van der Waals surface area contributed by atoms with E-state index in [2.05, 4.69) is 0 Å². The minimum Gasteiger partial charge on any atom is -0.481 e. The number of aliphatic carboxylic acids is 2. The number of carboxylic acid groups (broad SMARTS) is 2. The summed E-state index contributed by atoms with van der Waals surface area (Å²) in [7, 11) is -3.71. The van der Waals surface area contributed by atoms with Gasteiger partial charge in [-0.25, -0.2) is 13.2 Å². The zero-order valence-corrected chi connectivity index (χ0v) is 11.8. The van der Waals surface area contributed by atoms with Crippen molar-refractivity contribution in [3.8, 4) is 5.75 Å². The lowest BCUT2D eigenvalue weighted by molar-refractivity contribution is -0.144. The van der Waals surface area contributed by atoms with Gasteiger partial charge in [0, 0.05) is 0 Å². The van der Waals surface area contributed by atoms with Crippen LogP contribution < -0.4 is 9.04 Å². The fourth-order valence-corrected chi connectivity index (χ4v) is 2.93. The summed E-state index contributed by atoms with van der Waals surface area (Å²) < 4.78 is 29.8. The van der Waals surface area contributed by atoms with E-state index in [-0.39, 0.29) is 24.4 Å². The third kappa shape index (κ3) is 3.24. The molecule has 1 aliphatic rings. The molecule has 0 saturated carbocycles. The highest BCUT2D eigenvalue weighted by molar-refractivity contribution is 7.92. The maximum absolute atomic E-state index is 11.8. The van der Waals surface area contributed by atoms with Crippen LogP contribution in [0.3, 0.4) is 0 Å². The molecule has 1 atom stereocenters. The number of sulfonamides is 1. The average Bonchev–Trinajstić information content (AvgIpc) is 2.35. The van der Waals surface area contributed by atoms with Crippen molar-refractivity contribution in [2.24, 2.45) is 0 Å². The van der Waals surface area contributed by atoms with Crippen LogP contribution in [0.4, 0.5) is 5.69 Å². The fourth-order valence-electron chi connectivity index (χ4n) is 2.02. The monoisotopic (exact) mass is 315 g/mol. The maximum atomic E-state index is 11.8. The second-order valence-corrected chi connectivity index (χ2v) is 6.52. The molecule has 21 heavy (non-hydrogen) atoms. The van der Waals surface area contributed by atoms with Crippen LogP contribution in [0.5, 0.6) is 5.75 Å². The van der Waals surface area contributed by atoms with Crippen LogP contribution in [0.25, 0.3) is 0 Å². The van der Waals surface area contributed by atoms with Crippen molar-refractivity contribution in [3.63, 3.8) is 0 Å². The number of fused-ring (bicyclic) bond motifs is 1. The summed E-state index contributed by atoms with van der Waals surface area (Å²) in [6.07, 6.45) is -0.629. The van der Waals surface area contributed by atoms with E-state index in [1.807, 2.05) is 0 Å². The first-order valence-corrected chi connectivity index (χ1v) is 7.75. The van der Waals surface area contributed by atoms with Crippen molar-refractivity contribution < 1.29 is 33.0 Å². The molecule has 9 heteroatoms. The number of carbonyl (C=O) groups is 2. The van der Waals surface area contributed by atoms with Gasteiger partial charge in [0.2, 0.25) is 16.1 Å². The van der Waals surface area contributed by atoms with E-state index in [0.29, 0.717) is 5.56 Å². The number of rotatable bonds is 4. The Balaban J connectivity index is 2.49. The third-order valence-electron chi connectivity index (χ3n) is 2.92. The molecule has 1 aromatic carbocycles. The van der Waals surface area contributed by atoms with E-state index in [4.69, 9.17) is 14.9 Å². The molecule has 0 saturated heterocycles. The lowest BCUT2D eigenvalue weighted by Crippen LogP contribution is -2.46. The Bertz CT molecular complexity index is 698. The lowest BCUT2D eigenvalue weighted by atomic mass is 10.1. The highest BCUT2D eigenvalue weighted by atomic mass is 32.2. The van der Waals surface area contributed by atoms with Gasteiger partial charge in [-0.1, -0.05) is 6.07 Å². The predicted octanol–water partition coefficient (Wildman–Crippen LogP) is -0.0747. The summed E-state index contributed by atoms with van der Waals surface area (Å²) in [6.45, 7) is -0.363. The summed E-state index contributed by atoms with van der Waals surface area (Å²) in [5.74, 6) is -2.24. The van der Waals surface area contributed by atoms with Crippen molar-refractivity contribution in [1.82, 2.24) is 0 Å². The molecule has 8 nitrogen and oxygen atoms in total. The SMILES string of the molecule is CS(=O)(=O)N1C[C@H](C(=O)O)Oc2ccc(CC(=O)O)cc21. The molecule has 1 aliphatic heterocycles. The summed E-state index contributed by atoms with van der Waals surface area (Å²) in [5, 5.41) is 17.8. The minimum atomic E-state index is -3.71. The van der Waals surface area contributed by atoms with E-state index in [9.17, 15) is 18.0 Å². The van der Waals surface area contributed by atoms with Gasteiger partial charge in [-0.15, -0.1) is 0 Å². The van der Waals surface area contributed by atoms with E-state index >= 15 is 0 Å². The van der Waals surface area contributed by atoms with Crippen LogP contribution in [-0.4, -0.2) is 49.5 Å². The highest BCUT2D eigenvalue weighted by Gasteiger charge is 2.35. The van der Waals surface area contributed by atoms with Crippen molar-refractivity contribution in [2.75, 3.05) is 17.1 Å². The van der Waals surface area contributed by atoms with Crippen LogP contribution in [0.1, 0.15) is 5.56 Å². The van der Waals surface area contributed by atoms with Gasteiger partial charge in [0.1, 0.15) is 5.75 Å². The summed E-state index contributed by atoms with van der Waals surface area (Å²) in [4.78, 5) is 21.7. The molecule has 0 bridgehead atoms. The van der Waals surface area contributed by atoms with Crippen LogP contribution in [0, 0.1) is 0 Å². The second kappa shape index (κ2) is 5.24. The zero-order valence-electron chi connectivity index (χ0n) is 11.0. The molecule has 1 aromatic rings. The van der Waals surface area contributed by atoms with Gasteiger partial charge in [-0.3, -0.25) is 9.10 Å². The van der Waals surface area contributed by atoms with Gasteiger partial charge in [0.15, 0.2) is 0 Å². The molecular formula is C12H13NO7S. The summed E-state index contributed by atoms with van der Waals surface area (Å²) in [6, 6.07) is 4.21. The Morgan fingerprint density at radius 1 is 1.38 bits per heavy atom. The summed E-state index contributed by atoms with van der Waals surface area (Å²) >= 11 is 0. The molecule has 0 amide bonds. The largest absolute Gasteiger partial charge is 0.481 e. The molecule has 1 heterocycles. The van der Waals surface area contributed by atoms with Gasteiger partial charge in [0.05, 0.1) is 24.9 Å². The summed E-state index contributed by atoms with van der Waals surface area (Å²) in [5.41, 5.74) is 0.543. The first-order valence-electron chi connectivity index (χ1n) is 5.90. The molecule has 0 aromatic heterocycles. The second-order valence-electron chi connectivity index (χ2n) is 4.61. The minimum absolute atomic E-state index is 0.0909. The van der Waals surface area contributed by atoms with E-state index in [1.54, 1.807) is 0 Å². The number of nitrogens with zero attached hydrogens (tertiary/aromatic N) is 1. The van der Waals surface area contributed by atoms with Crippen LogP contribution in [0.2, 0.25) is 0 Å². The zero-order chi connectivity index (χ0) is 15.8. The third-order valence-corrected chi connectivity index (χ3v) is 4.07. The quantitative estimate of drug-likeness (QED) is 0.797. The van der Waals surface area contributed by atoms with Crippen LogP contribution in [0.15, 0.2) is 18.2 Å². The molecule has 2 N–H and O–H groups in total. The topological polar surface area (TPSA) is 121 Å². The number of anilines is 1. The van der Waals surface area contributed by atoms with Crippen LogP contribution in [-0.2, 0) is 26.0 Å². The highest BCUT2D eigenvalue weighted by Crippen LogP contribution is 2.36. The number of ether oxygens (including phenoxy) is 1. The van der Waals surface area contributed by atoms with Crippen molar-refractivity contribution in [1.29, 1.82) is 0 Å². The van der Waals surface area contributed by atoms with E-state index in [0.717, 1.165) is 10.6 Å². The van der Waals surface area contributed by atoms with Crippen molar-refractivity contribution >= 4 is 27.6 Å². The molecule has 0 fully saturated rings. The van der Waals surface area contributed by atoms with Crippen molar-refractivity contribution in [3.05, 3.63) is 23.8 Å². The van der Waals surface area contributed by atoms with Gasteiger partial charge in [0.25, 0.3) is 0 Å². The predicted molar refractivity (Wildman–Crippen MR) is 72.0 cm³/mol. The van der Waals surface area contributed by atoms with Gasteiger partial charge < -0.3 is 14.9 Å². The molecule has 2 rings (SSSR count). The Morgan fingerprint density at radius 3 is 2.57 bits per heavy atom. The van der Waals surface area contributed by atoms with Crippen LogP contribution >= 0.6 is 0 Å². The molecule has 0 aliphatic carbocycles. The number of carboxylic acids is 2. The van der Waals surface area contributed by atoms with Gasteiger partial charge in [-0.2, -0.15) is 0 Å². The maximum Gasteiger partial charge on any atom is 0.346 e. The van der Waals surface area contributed by atoms with Gasteiger partial charge >= 0.3 is 11.9 Å². The fraction of sp³-hybridized carbons (Fsp3) is 0.333. The average molecular weight is 315 g/mol. The lowest BCUT2D eigenvalue weighted by Gasteiger charge is -2.33. The molecular weight excluding hydrogens is 302 g/mol. The molecule has 114 valence electrons. The molecule has 0 spiro atoms. The first-order chi connectivity index (χ1) is 9.68. The van der Waals surface area contributed by atoms with E-state index < -0.39 is 28.1 Å². The van der Waals surface area contributed by atoms with Gasteiger partial charge in [-0.05, 0) is 17.7 Å². The van der Waals surface area contributed by atoms with E-state index in [1.165, 1.54) is 18.2 Å². The Kier molecular flexibility index (Phi) is 3.77. The standard InChI is InChI=1S/C12H13NO7S/c1-21(18,19)13-6-10(12(16)17)20-9-3-2-7(4-8(9)13)5-11(14)15/h2-4,10H,5-6H2,1H3,(H,14,15)(H,16,17)/t10-/m1/s1. The number of hydrogen-bond acceptors (Lipinski definition) is 5. The molecule has 0 radical (unpaired) electrons.